The van der Waals surface area contributed by atoms with E-state index in [4.69, 9.17) is 9.57 Å². The zero-order valence-electron chi connectivity index (χ0n) is 11.2. The third-order valence-corrected chi connectivity index (χ3v) is 2.52. The van der Waals surface area contributed by atoms with Gasteiger partial charge in [-0.1, -0.05) is 30.3 Å². The van der Waals surface area contributed by atoms with Gasteiger partial charge in [0.05, 0.1) is 30.7 Å². The number of benzene rings is 1. The summed E-state index contributed by atoms with van der Waals surface area (Å²) in [6, 6.07) is 11.4. The molecule has 0 bridgehead atoms. The van der Waals surface area contributed by atoms with Crippen molar-refractivity contribution in [2.75, 3.05) is 12.1 Å². The lowest BCUT2D eigenvalue weighted by Gasteiger charge is -2.08. The number of nitrogens with one attached hydrogen (secondary N) is 1. The van der Waals surface area contributed by atoms with E-state index in [0.717, 1.165) is 5.56 Å². The molecule has 104 valence electrons. The Kier molecular flexibility index (Phi) is 5.08. The van der Waals surface area contributed by atoms with Crippen molar-refractivity contribution in [3.05, 3.63) is 59.9 Å². The summed E-state index contributed by atoms with van der Waals surface area (Å²) in [6.07, 6.45) is 3.04. The molecule has 1 heterocycles. The molecular formula is C15H16N2O3. The number of anilines is 1. The van der Waals surface area contributed by atoms with Gasteiger partial charge in [-0.25, -0.2) is 4.79 Å². The van der Waals surface area contributed by atoms with Crippen molar-refractivity contribution in [2.24, 2.45) is 0 Å². The van der Waals surface area contributed by atoms with Gasteiger partial charge in [-0.2, -0.15) is 0 Å². The number of hydrogen-bond acceptors (Lipinski definition) is 5. The lowest BCUT2D eigenvalue weighted by Crippen LogP contribution is -2.07. The molecule has 0 aliphatic carbocycles. The maximum absolute atomic E-state index is 11.6. The standard InChI is InChI=1S/C15H16N2O3/c1-2-19-15(18)13-8-14(10-16-9-13)17-20-11-12-6-4-3-5-7-12/h3-10,17H,2,11H2,1H3. The first-order valence-electron chi connectivity index (χ1n) is 6.33. The van der Waals surface area contributed by atoms with Crippen LogP contribution < -0.4 is 5.48 Å². The van der Waals surface area contributed by atoms with Gasteiger partial charge in [0.1, 0.15) is 0 Å². The summed E-state index contributed by atoms with van der Waals surface area (Å²) in [4.78, 5) is 20.9. The van der Waals surface area contributed by atoms with E-state index in [-0.39, 0.29) is 0 Å². The van der Waals surface area contributed by atoms with Gasteiger partial charge in [0.25, 0.3) is 0 Å². The molecule has 0 saturated heterocycles. The van der Waals surface area contributed by atoms with Gasteiger partial charge < -0.3 is 4.74 Å². The molecule has 2 rings (SSSR count). The van der Waals surface area contributed by atoms with Crippen LogP contribution >= 0.6 is 0 Å². The predicted molar refractivity (Wildman–Crippen MR) is 75.0 cm³/mol. The maximum Gasteiger partial charge on any atom is 0.339 e. The Labute approximate surface area is 117 Å². The number of hydrogen-bond donors (Lipinski definition) is 1. The Bertz CT molecular complexity index is 558. The summed E-state index contributed by atoms with van der Waals surface area (Å²) in [7, 11) is 0. The number of carbonyl (C=O) groups excluding carboxylic acids is 1. The number of ether oxygens (including phenoxy) is 1. The van der Waals surface area contributed by atoms with Crippen LogP contribution in [0.25, 0.3) is 0 Å². The van der Waals surface area contributed by atoms with E-state index in [1.54, 1.807) is 19.2 Å². The molecule has 1 N–H and O–H groups in total. The number of carbonyl (C=O) groups is 1. The van der Waals surface area contributed by atoms with Crippen molar-refractivity contribution >= 4 is 11.7 Å². The molecule has 0 fully saturated rings. The first kappa shape index (κ1) is 14.0. The summed E-state index contributed by atoms with van der Waals surface area (Å²) < 4.78 is 4.91. The van der Waals surface area contributed by atoms with Gasteiger partial charge in [-0.3, -0.25) is 15.3 Å². The first-order chi connectivity index (χ1) is 9.79. The van der Waals surface area contributed by atoms with Gasteiger partial charge in [0.2, 0.25) is 0 Å². The second-order valence-corrected chi connectivity index (χ2v) is 4.06. The van der Waals surface area contributed by atoms with Crippen LogP contribution in [0.4, 0.5) is 5.69 Å². The van der Waals surface area contributed by atoms with Crippen LogP contribution in [0.2, 0.25) is 0 Å². The molecule has 0 unspecified atom stereocenters. The fraction of sp³-hybridized carbons (Fsp3) is 0.200. The van der Waals surface area contributed by atoms with Crippen molar-refractivity contribution < 1.29 is 14.4 Å². The highest BCUT2D eigenvalue weighted by Crippen LogP contribution is 2.10. The summed E-state index contributed by atoms with van der Waals surface area (Å²) in [5, 5.41) is 0. The number of rotatable bonds is 6. The molecule has 0 spiro atoms. The molecule has 0 aliphatic rings. The van der Waals surface area contributed by atoms with Crippen LogP contribution in [0.5, 0.6) is 0 Å². The smallest absolute Gasteiger partial charge is 0.339 e. The van der Waals surface area contributed by atoms with Crippen LogP contribution in [0.3, 0.4) is 0 Å². The predicted octanol–water partition coefficient (Wildman–Crippen LogP) is 2.80. The maximum atomic E-state index is 11.6. The van der Waals surface area contributed by atoms with Gasteiger partial charge in [-0.15, -0.1) is 0 Å². The van der Waals surface area contributed by atoms with Crippen LogP contribution in [-0.2, 0) is 16.2 Å². The van der Waals surface area contributed by atoms with E-state index in [1.165, 1.54) is 6.20 Å². The Morgan fingerprint density at radius 3 is 2.80 bits per heavy atom. The molecule has 0 saturated carbocycles. The highest BCUT2D eigenvalue weighted by molar-refractivity contribution is 5.89. The monoisotopic (exact) mass is 272 g/mol. The molecule has 0 atom stereocenters. The molecule has 2 aromatic rings. The van der Waals surface area contributed by atoms with Crippen LogP contribution in [0.1, 0.15) is 22.8 Å². The van der Waals surface area contributed by atoms with Gasteiger partial charge in [0, 0.05) is 6.20 Å². The highest BCUT2D eigenvalue weighted by atomic mass is 16.6. The van der Waals surface area contributed by atoms with E-state index < -0.39 is 5.97 Å². The fourth-order valence-electron chi connectivity index (χ4n) is 1.60. The molecule has 20 heavy (non-hydrogen) atoms. The number of esters is 1. The minimum Gasteiger partial charge on any atom is -0.462 e. The largest absolute Gasteiger partial charge is 0.462 e. The molecule has 5 heteroatoms. The summed E-state index contributed by atoms with van der Waals surface area (Å²) in [5.41, 5.74) is 4.80. The molecule has 0 radical (unpaired) electrons. The van der Waals surface area contributed by atoms with E-state index in [1.807, 2.05) is 30.3 Å². The lowest BCUT2D eigenvalue weighted by molar-refractivity contribution is 0.0526. The van der Waals surface area contributed by atoms with Crippen molar-refractivity contribution in [2.45, 2.75) is 13.5 Å². The minimum absolute atomic E-state index is 0.334. The average Bonchev–Trinajstić information content (AvgIpc) is 2.49. The van der Waals surface area contributed by atoms with Gasteiger partial charge in [-0.05, 0) is 18.6 Å². The number of aromatic nitrogens is 1. The van der Waals surface area contributed by atoms with Crippen molar-refractivity contribution in [1.29, 1.82) is 0 Å². The quantitative estimate of drug-likeness (QED) is 0.647. The Morgan fingerprint density at radius 2 is 2.05 bits per heavy atom. The topological polar surface area (TPSA) is 60.5 Å². The van der Waals surface area contributed by atoms with Crippen molar-refractivity contribution in [3.63, 3.8) is 0 Å². The molecule has 5 nitrogen and oxygen atoms in total. The zero-order chi connectivity index (χ0) is 14.2. The second kappa shape index (κ2) is 7.25. The Hall–Kier alpha value is -2.40. The van der Waals surface area contributed by atoms with Gasteiger partial charge in [0.15, 0.2) is 0 Å². The molecule has 1 aromatic carbocycles. The third kappa shape index (κ3) is 4.07. The van der Waals surface area contributed by atoms with Crippen LogP contribution in [0, 0.1) is 0 Å². The van der Waals surface area contributed by atoms with Gasteiger partial charge >= 0.3 is 5.97 Å². The van der Waals surface area contributed by atoms with Crippen molar-refractivity contribution in [3.8, 4) is 0 Å². The summed E-state index contributed by atoms with van der Waals surface area (Å²) >= 11 is 0. The van der Waals surface area contributed by atoms with E-state index in [0.29, 0.717) is 24.5 Å². The van der Waals surface area contributed by atoms with E-state index >= 15 is 0 Å². The second-order valence-electron chi connectivity index (χ2n) is 4.06. The highest BCUT2D eigenvalue weighted by Gasteiger charge is 2.07. The van der Waals surface area contributed by atoms with E-state index in [9.17, 15) is 4.79 Å². The minimum atomic E-state index is -0.397. The molecule has 1 aromatic heterocycles. The molecule has 0 aliphatic heterocycles. The molecular weight excluding hydrogens is 256 g/mol. The summed E-state index contributed by atoms with van der Waals surface area (Å²) in [6.45, 7) is 2.52. The summed E-state index contributed by atoms with van der Waals surface area (Å²) in [5.74, 6) is -0.397. The third-order valence-electron chi connectivity index (χ3n) is 2.52. The van der Waals surface area contributed by atoms with E-state index in [2.05, 4.69) is 10.5 Å². The Balaban J connectivity index is 1.90. The fourth-order valence-corrected chi connectivity index (χ4v) is 1.60. The SMILES string of the molecule is CCOC(=O)c1cncc(NOCc2ccccc2)c1. The normalized spacial score (nSPS) is 10.1. The zero-order valence-corrected chi connectivity index (χ0v) is 11.2. The lowest BCUT2D eigenvalue weighted by atomic mass is 10.2. The average molecular weight is 272 g/mol. The number of nitrogens with zero attached hydrogens (tertiary/aromatic N) is 1. The number of pyridine rings is 1. The van der Waals surface area contributed by atoms with Crippen LogP contribution in [0.15, 0.2) is 48.8 Å². The Morgan fingerprint density at radius 1 is 1.25 bits per heavy atom. The van der Waals surface area contributed by atoms with Crippen molar-refractivity contribution in [1.82, 2.24) is 4.98 Å². The van der Waals surface area contributed by atoms with Crippen LogP contribution in [-0.4, -0.2) is 17.6 Å². The molecule has 0 amide bonds. The first-order valence-corrected chi connectivity index (χ1v) is 6.33.